The van der Waals surface area contributed by atoms with Gasteiger partial charge in [0.2, 0.25) is 12.7 Å². The van der Waals surface area contributed by atoms with Crippen LogP contribution >= 0.6 is 0 Å². The van der Waals surface area contributed by atoms with Crippen molar-refractivity contribution < 1.29 is 23.2 Å². The number of hydrogen-bond acceptors (Lipinski definition) is 7. The highest BCUT2D eigenvalue weighted by Crippen LogP contribution is 2.32. The van der Waals surface area contributed by atoms with Crippen LogP contribution < -0.4 is 20.3 Å². The van der Waals surface area contributed by atoms with E-state index in [0.717, 1.165) is 10.1 Å². The highest BCUT2D eigenvalue weighted by atomic mass is 19.1. The average Bonchev–Trinajstić information content (AvgIpc) is 3.41. The Bertz CT molecular complexity index is 1360. The monoisotopic (exact) mass is 422 g/mol. The third-order valence-electron chi connectivity index (χ3n) is 4.80. The minimum absolute atomic E-state index is 0.0151. The zero-order valence-electron chi connectivity index (χ0n) is 16.0. The molecule has 0 unspecified atom stereocenters. The van der Waals surface area contributed by atoms with Crippen LogP contribution in [0.3, 0.4) is 0 Å². The summed E-state index contributed by atoms with van der Waals surface area (Å²) in [6.07, 6.45) is 1.21. The van der Waals surface area contributed by atoms with Crippen LogP contribution in [0.1, 0.15) is 5.56 Å². The second-order valence-corrected chi connectivity index (χ2v) is 6.86. The first-order valence-corrected chi connectivity index (χ1v) is 9.34. The van der Waals surface area contributed by atoms with Gasteiger partial charge in [0.15, 0.2) is 11.5 Å². The summed E-state index contributed by atoms with van der Waals surface area (Å²) in [5.41, 5.74) is 0.876. The van der Waals surface area contributed by atoms with E-state index in [4.69, 9.17) is 14.0 Å². The van der Waals surface area contributed by atoms with Gasteiger partial charge in [-0.05, 0) is 29.8 Å². The van der Waals surface area contributed by atoms with Crippen LogP contribution in [0.5, 0.6) is 11.5 Å². The third-order valence-corrected chi connectivity index (χ3v) is 4.80. The Hall–Kier alpha value is -4.21. The maximum absolute atomic E-state index is 13.6. The van der Waals surface area contributed by atoms with Gasteiger partial charge in [-0.3, -0.25) is 14.2 Å². The Morgan fingerprint density at radius 3 is 2.90 bits per heavy atom. The molecule has 5 rings (SSSR count). The number of hydrogen-bond donors (Lipinski definition) is 1. The second-order valence-electron chi connectivity index (χ2n) is 6.86. The molecule has 0 fully saturated rings. The molecular formula is C21H15FN4O5. The zero-order chi connectivity index (χ0) is 21.4. The lowest BCUT2D eigenvalue weighted by Gasteiger charge is -2.08. The minimum atomic E-state index is -0.510. The molecule has 10 heteroatoms. The fourth-order valence-corrected chi connectivity index (χ4v) is 3.29. The molecule has 1 amide bonds. The van der Waals surface area contributed by atoms with Crippen molar-refractivity contribution in [3.05, 3.63) is 70.5 Å². The summed E-state index contributed by atoms with van der Waals surface area (Å²) in [6, 6.07) is 11.0. The SMILES string of the molecule is O=C(Cn1cnc2onc(-c3cccc(F)c3)c2c1=O)NCc1ccc2c(c1)OCO2. The first-order valence-electron chi connectivity index (χ1n) is 9.34. The predicted octanol–water partition coefficient (Wildman–Crippen LogP) is 2.24. The predicted molar refractivity (Wildman–Crippen MR) is 106 cm³/mol. The number of amides is 1. The van der Waals surface area contributed by atoms with E-state index in [9.17, 15) is 14.0 Å². The molecule has 4 aromatic rings. The summed E-state index contributed by atoms with van der Waals surface area (Å²) in [5, 5.41) is 6.68. The Morgan fingerprint density at radius 1 is 1.16 bits per heavy atom. The van der Waals surface area contributed by atoms with Gasteiger partial charge in [-0.15, -0.1) is 0 Å². The topological polar surface area (TPSA) is 108 Å². The molecule has 1 aliphatic heterocycles. The van der Waals surface area contributed by atoms with E-state index in [0.29, 0.717) is 17.1 Å². The lowest BCUT2D eigenvalue weighted by Crippen LogP contribution is -2.32. The van der Waals surface area contributed by atoms with Crippen molar-refractivity contribution in [2.45, 2.75) is 13.1 Å². The van der Waals surface area contributed by atoms with E-state index in [1.165, 1.54) is 24.5 Å². The maximum atomic E-state index is 13.6. The quantitative estimate of drug-likeness (QED) is 0.525. The molecule has 0 saturated carbocycles. The van der Waals surface area contributed by atoms with E-state index in [-0.39, 0.29) is 42.6 Å². The number of rotatable bonds is 5. The minimum Gasteiger partial charge on any atom is -0.454 e. The summed E-state index contributed by atoms with van der Waals surface area (Å²) in [4.78, 5) is 29.4. The molecule has 0 spiro atoms. The molecule has 0 saturated heterocycles. The molecule has 3 heterocycles. The van der Waals surface area contributed by atoms with Crippen LogP contribution in [0.25, 0.3) is 22.4 Å². The average molecular weight is 422 g/mol. The second kappa shape index (κ2) is 7.56. The smallest absolute Gasteiger partial charge is 0.267 e. The Kier molecular flexibility index (Phi) is 4.58. The summed E-state index contributed by atoms with van der Waals surface area (Å²) >= 11 is 0. The lowest BCUT2D eigenvalue weighted by molar-refractivity contribution is -0.121. The van der Waals surface area contributed by atoms with Gasteiger partial charge in [0.25, 0.3) is 11.3 Å². The molecular weight excluding hydrogens is 407 g/mol. The summed E-state index contributed by atoms with van der Waals surface area (Å²) in [7, 11) is 0. The van der Waals surface area contributed by atoms with Gasteiger partial charge in [-0.1, -0.05) is 23.4 Å². The number of nitrogens with one attached hydrogen (secondary N) is 1. The van der Waals surface area contributed by atoms with Gasteiger partial charge in [0.05, 0.1) is 0 Å². The molecule has 31 heavy (non-hydrogen) atoms. The molecule has 0 aliphatic carbocycles. The van der Waals surface area contributed by atoms with Crippen LogP contribution in [-0.2, 0) is 17.9 Å². The van der Waals surface area contributed by atoms with Crippen LogP contribution in [0.15, 0.2) is 58.1 Å². The highest BCUT2D eigenvalue weighted by molar-refractivity contribution is 5.88. The van der Waals surface area contributed by atoms with Crippen molar-refractivity contribution in [1.29, 1.82) is 0 Å². The maximum Gasteiger partial charge on any atom is 0.267 e. The fraction of sp³-hybridized carbons (Fsp3) is 0.143. The number of benzene rings is 2. The van der Waals surface area contributed by atoms with Crippen molar-refractivity contribution in [2.24, 2.45) is 0 Å². The number of halogens is 1. The van der Waals surface area contributed by atoms with Crippen molar-refractivity contribution in [2.75, 3.05) is 6.79 Å². The van der Waals surface area contributed by atoms with Crippen molar-refractivity contribution in [3.8, 4) is 22.8 Å². The van der Waals surface area contributed by atoms with Gasteiger partial charge >= 0.3 is 0 Å². The number of nitrogens with zero attached hydrogens (tertiary/aromatic N) is 3. The van der Waals surface area contributed by atoms with Gasteiger partial charge in [0.1, 0.15) is 29.8 Å². The van der Waals surface area contributed by atoms with Crippen molar-refractivity contribution in [3.63, 3.8) is 0 Å². The summed E-state index contributed by atoms with van der Waals surface area (Å²) in [5.74, 6) is 0.421. The Balaban J connectivity index is 1.35. The van der Waals surface area contributed by atoms with Crippen LogP contribution in [-0.4, -0.2) is 27.4 Å². The van der Waals surface area contributed by atoms with Crippen LogP contribution in [0.2, 0.25) is 0 Å². The lowest BCUT2D eigenvalue weighted by atomic mass is 10.1. The normalized spacial score (nSPS) is 12.3. The third kappa shape index (κ3) is 3.59. The molecule has 9 nitrogen and oxygen atoms in total. The van der Waals surface area contributed by atoms with Crippen LogP contribution in [0.4, 0.5) is 4.39 Å². The van der Waals surface area contributed by atoms with E-state index in [2.05, 4.69) is 15.5 Å². The van der Waals surface area contributed by atoms with E-state index >= 15 is 0 Å². The highest BCUT2D eigenvalue weighted by Gasteiger charge is 2.18. The van der Waals surface area contributed by atoms with E-state index < -0.39 is 11.4 Å². The molecule has 0 atom stereocenters. The van der Waals surface area contributed by atoms with Crippen LogP contribution in [0, 0.1) is 5.82 Å². The Morgan fingerprint density at radius 2 is 2.03 bits per heavy atom. The molecule has 0 bridgehead atoms. The fourth-order valence-electron chi connectivity index (χ4n) is 3.29. The van der Waals surface area contributed by atoms with Gasteiger partial charge < -0.3 is 19.3 Å². The molecule has 2 aromatic heterocycles. The van der Waals surface area contributed by atoms with Gasteiger partial charge in [0, 0.05) is 12.1 Å². The molecule has 1 N–H and O–H groups in total. The van der Waals surface area contributed by atoms with Gasteiger partial charge in [-0.25, -0.2) is 9.37 Å². The molecule has 1 aliphatic rings. The first kappa shape index (κ1) is 18.8. The standard InChI is InChI=1S/C21H15FN4O5/c22-14-3-1-2-13(7-14)19-18-20(31-25-19)24-10-26(21(18)28)9-17(27)23-8-12-4-5-15-16(6-12)30-11-29-15/h1-7,10H,8-9,11H2,(H,23,27). The summed E-state index contributed by atoms with van der Waals surface area (Å²) in [6.45, 7) is 0.172. The number of ether oxygens (including phenoxy) is 2. The molecule has 0 radical (unpaired) electrons. The number of aromatic nitrogens is 3. The van der Waals surface area contributed by atoms with Gasteiger partial charge in [-0.2, -0.15) is 0 Å². The van der Waals surface area contributed by atoms with E-state index in [1.54, 1.807) is 18.2 Å². The zero-order valence-corrected chi connectivity index (χ0v) is 16.0. The Labute approximate surface area is 174 Å². The summed E-state index contributed by atoms with van der Waals surface area (Å²) < 4.78 is 30.4. The van der Waals surface area contributed by atoms with Crippen molar-refractivity contribution in [1.82, 2.24) is 20.0 Å². The first-order chi connectivity index (χ1) is 15.1. The molecule has 2 aromatic carbocycles. The largest absolute Gasteiger partial charge is 0.454 e. The van der Waals surface area contributed by atoms with Crippen molar-refractivity contribution >= 4 is 17.0 Å². The van der Waals surface area contributed by atoms with E-state index in [1.807, 2.05) is 6.07 Å². The number of carbonyl (C=O) groups is 1. The number of fused-ring (bicyclic) bond motifs is 2. The number of carbonyl (C=O) groups excluding carboxylic acids is 1. The molecule has 156 valence electrons.